The van der Waals surface area contributed by atoms with Crippen LogP contribution < -0.4 is 0 Å². The van der Waals surface area contributed by atoms with E-state index in [4.69, 9.17) is 0 Å². The van der Waals surface area contributed by atoms with Crippen molar-refractivity contribution in [1.29, 1.82) is 0 Å². The molecule has 92 valence electrons. The van der Waals surface area contributed by atoms with Crippen LogP contribution in [0.1, 0.15) is 50.3 Å². The fourth-order valence-corrected chi connectivity index (χ4v) is 2.58. The highest BCUT2D eigenvalue weighted by atomic mass is 16.1. The van der Waals surface area contributed by atoms with Crippen LogP contribution in [0.2, 0.25) is 0 Å². The molecule has 0 saturated heterocycles. The molecule has 1 aromatic rings. The Morgan fingerprint density at radius 1 is 1.24 bits per heavy atom. The van der Waals surface area contributed by atoms with Gasteiger partial charge in [0.05, 0.1) is 0 Å². The number of carbonyl (C=O) groups is 1. The second kappa shape index (κ2) is 4.64. The maximum Gasteiger partial charge on any atom is 0.123 e. The first kappa shape index (κ1) is 12.3. The normalized spacial score (nSPS) is 20.5. The van der Waals surface area contributed by atoms with E-state index in [1.165, 1.54) is 16.7 Å². The predicted octanol–water partition coefficient (Wildman–Crippen LogP) is 3.68. The zero-order chi connectivity index (χ0) is 12.5. The molecule has 1 nitrogen and oxygen atoms in total. The zero-order valence-electron chi connectivity index (χ0n) is 11.1. The Labute approximate surface area is 104 Å². The average molecular weight is 230 g/mol. The van der Waals surface area contributed by atoms with E-state index in [1.807, 2.05) is 0 Å². The fraction of sp³-hybridized carbons (Fsp3) is 0.562. The van der Waals surface area contributed by atoms with Gasteiger partial charge in [0.2, 0.25) is 0 Å². The van der Waals surface area contributed by atoms with Gasteiger partial charge in [-0.3, -0.25) is 0 Å². The molecule has 0 unspecified atom stereocenters. The number of rotatable bonds is 1. The Hall–Kier alpha value is -1.11. The summed E-state index contributed by atoms with van der Waals surface area (Å²) >= 11 is 0. The lowest BCUT2D eigenvalue weighted by molar-refractivity contribution is -0.111. The van der Waals surface area contributed by atoms with E-state index in [1.54, 1.807) is 0 Å². The number of aryl methyl sites for hydroxylation is 1. The number of hydrogen-bond acceptors (Lipinski definition) is 1. The van der Waals surface area contributed by atoms with Gasteiger partial charge in [-0.15, -0.1) is 0 Å². The van der Waals surface area contributed by atoms with Gasteiger partial charge in [-0.2, -0.15) is 0 Å². The molecule has 1 aliphatic rings. The van der Waals surface area contributed by atoms with Crippen molar-refractivity contribution in [2.75, 3.05) is 0 Å². The molecule has 0 aliphatic heterocycles. The molecule has 1 heteroatoms. The number of benzene rings is 1. The third-order valence-corrected chi connectivity index (χ3v) is 3.77. The van der Waals surface area contributed by atoms with E-state index in [2.05, 4.69) is 39.0 Å². The molecule has 0 heterocycles. The molecule has 1 atom stereocenters. The van der Waals surface area contributed by atoms with E-state index in [-0.39, 0.29) is 11.3 Å². The summed E-state index contributed by atoms with van der Waals surface area (Å²) in [7, 11) is 0. The highest BCUT2D eigenvalue weighted by molar-refractivity contribution is 5.55. The predicted molar refractivity (Wildman–Crippen MR) is 71.3 cm³/mol. The molecule has 0 N–H and O–H groups in total. The molecule has 17 heavy (non-hydrogen) atoms. The van der Waals surface area contributed by atoms with Crippen molar-refractivity contribution in [1.82, 2.24) is 0 Å². The van der Waals surface area contributed by atoms with E-state index in [0.717, 1.165) is 32.0 Å². The molecule has 0 aromatic heterocycles. The third-order valence-electron chi connectivity index (χ3n) is 3.77. The molecule has 0 radical (unpaired) electrons. The van der Waals surface area contributed by atoms with E-state index in [0.29, 0.717) is 0 Å². The van der Waals surface area contributed by atoms with Crippen LogP contribution in [-0.2, 0) is 23.1 Å². The molecule has 0 bridgehead atoms. The molecule has 0 amide bonds. The largest absolute Gasteiger partial charge is 0.303 e. The fourth-order valence-electron chi connectivity index (χ4n) is 2.58. The Kier molecular flexibility index (Phi) is 3.37. The van der Waals surface area contributed by atoms with E-state index in [9.17, 15) is 4.79 Å². The first-order valence-electron chi connectivity index (χ1n) is 6.58. The molecule has 0 fully saturated rings. The topological polar surface area (TPSA) is 17.1 Å². The molecule has 1 aliphatic carbocycles. The van der Waals surface area contributed by atoms with Gasteiger partial charge in [-0.25, -0.2) is 0 Å². The van der Waals surface area contributed by atoms with Crippen LogP contribution >= 0.6 is 0 Å². The Bertz CT molecular complexity index is 412. The van der Waals surface area contributed by atoms with Crippen molar-refractivity contribution in [3.63, 3.8) is 0 Å². The number of hydrogen-bond donors (Lipinski definition) is 0. The summed E-state index contributed by atoms with van der Waals surface area (Å²) in [4.78, 5) is 10.9. The highest BCUT2D eigenvalue weighted by Gasteiger charge is 2.19. The molecular weight excluding hydrogens is 208 g/mol. The van der Waals surface area contributed by atoms with Crippen LogP contribution in [0, 0.1) is 5.92 Å². The standard InChI is InChI=1S/C16H22O/c1-16(2,3)15-8-7-14-9-12(11-17)5-4-6-13(14)10-15/h7-8,10-12H,4-6,9H2,1-3H3/t12-/m0/s1. The molecular formula is C16H22O. The van der Waals surface area contributed by atoms with Gasteiger partial charge in [-0.1, -0.05) is 39.0 Å². The molecule has 0 spiro atoms. The average Bonchev–Trinajstić information content (AvgIpc) is 2.48. The van der Waals surface area contributed by atoms with Gasteiger partial charge in [0.25, 0.3) is 0 Å². The Morgan fingerprint density at radius 3 is 2.65 bits per heavy atom. The maximum atomic E-state index is 10.9. The minimum atomic E-state index is 0.214. The van der Waals surface area contributed by atoms with Crippen molar-refractivity contribution in [2.24, 2.45) is 5.92 Å². The second-order valence-corrected chi connectivity index (χ2v) is 6.23. The van der Waals surface area contributed by atoms with Crippen molar-refractivity contribution in [3.8, 4) is 0 Å². The van der Waals surface area contributed by atoms with Gasteiger partial charge in [0, 0.05) is 5.92 Å². The maximum absolute atomic E-state index is 10.9. The lowest BCUT2D eigenvalue weighted by Crippen LogP contribution is -2.12. The second-order valence-electron chi connectivity index (χ2n) is 6.23. The number of aldehydes is 1. The Balaban J connectivity index is 2.34. The van der Waals surface area contributed by atoms with Gasteiger partial charge in [0.1, 0.15) is 6.29 Å². The summed E-state index contributed by atoms with van der Waals surface area (Å²) in [6, 6.07) is 6.81. The lowest BCUT2D eigenvalue weighted by atomic mass is 9.84. The van der Waals surface area contributed by atoms with Crippen LogP contribution in [0.25, 0.3) is 0 Å². The van der Waals surface area contributed by atoms with Gasteiger partial charge >= 0.3 is 0 Å². The van der Waals surface area contributed by atoms with Gasteiger partial charge < -0.3 is 4.79 Å². The van der Waals surface area contributed by atoms with E-state index >= 15 is 0 Å². The minimum absolute atomic E-state index is 0.214. The third kappa shape index (κ3) is 2.77. The SMILES string of the molecule is CC(C)(C)c1ccc2c(c1)CCC[C@H](C=O)C2. The number of carbonyl (C=O) groups excluding carboxylic acids is 1. The van der Waals surface area contributed by atoms with Crippen LogP contribution in [-0.4, -0.2) is 6.29 Å². The van der Waals surface area contributed by atoms with Crippen LogP contribution in [0.15, 0.2) is 18.2 Å². The summed E-state index contributed by atoms with van der Waals surface area (Å²) in [6.45, 7) is 6.75. The van der Waals surface area contributed by atoms with Crippen molar-refractivity contribution >= 4 is 6.29 Å². The minimum Gasteiger partial charge on any atom is -0.303 e. The highest BCUT2D eigenvalue weighted by Crippen LogP contribution is 2.29. The van der Waals surface area contributed by atoms with E-state index < -0.39 is 0 Å². The summed E-state index contributed by atoms with van der Waals surface area (Å²) in [5.74, 6) is 0.233. The number of fused-ring (bicyclic) bond motifs is 1. The van der Waals surface area contributed by atoms with Crippen molar-refractivity contribution in [3.05, 3.63) is 34.9 Å². The van der Waals surface area contributed by atoms with Crippen molar-refractivity contribution in [2.45, 2.75) is 51.9 Å². The van der Waals surface area contributed by atoms with Crippen LogP contribution in [0.3, 0.4) is 0 Å². The first-order chi connectivity index (χ1) is 8.00. The van der Waals surface area contributed by atoms with Gasteiger partial charge in [-0.05, 0) is 47.8 Å². The quantitative estimate of drug-likeness (QED) is 0.531. The summed E-state index contributed by atoms with van der Waals surface area (Å²) < 4.78 is 0. The first-order valence-corrected chi connectivity index (χ1v) is 6.58. The van der Waals surface area contributed by atoms with Gasteiger partial charge in [0.15, 0.2) is 0 Å². The van der Waals surface area contributed by atoms with Crippen LogP contribution in [0.5, 0.6) is 0 Å². The smallest absolute Gasteiger partial charge is 0.123 e. The van der Waals surface area contributed by atoms with Crippen LogP contribution in [0.4, 0.5) is 0 Å². The monoisotopic (exact) mass is 230 g/mol. The van der Waals surface area contributed by atoms with Crippen molar-refractivity contribution < 1.29 is 4.79 Å². The molecule has 0 saturated carbocycles. The molecule has 1 aromatic carbocycles. The molecule has 2 rings (SSSR count). The summed E-state index contributed by atoms with van der Waals surface area (Å²) in [5.41, 5.74) is 4.46. The summed E-state index contributed by atoms with van der Waals surface area (Å²) in [5, 5.41) is 0. The Morgan fingerprint density at radius 2 is 2.00 bits per heavy atom. The zero-order valence-corrected chi connectivity index (χ0v) is 11.1. The lowest BCUT2D eigenvalue weighted by Gasteiger charge is -2.21. The summed E-state index contributed by atoms with van der Waals surface area (Å²) in [6.07, 6.45) is 5.38.